The van der Waals surface area contributed by atoms with Crippen LogP contribution < -0.4 is 10.5 Å². The highest BCUT2D eigenvalue weighted by atomic mass is 32.2. The summed E-state index contributed by atoms with van der Waals surface area (Å²) in [6, 6.07) is -0.649. The van der Waals surface area contributed by atoms with E-state index in [0.717, 1.165) is 19.3 Å². The van der Waals surface area contributed by atoms with Crippen LogP contribution in [0.1, 0.15) is 37.9 Å². The highest BCUT2D eigenvalue weighted by Gasteiger charge is 2.35. The first-order valence-electron chi connectivity index (χ1n) is 6.80. The topological polar surface area (TPSA) is 136 Å². The van der Waals surface area contributed by atoms with E-state index in [-0.39, 0.29) is 16.5 Å². The number of carboxylic acids is 1. The maximum Gasteiger partial charge on any atom is 0.308 e. The molecule has 0 bridgehead atoms. The molecule has 1 fully saturated rings. The number of nitrogens with zero attached hydrogens (tertiary/aromatic N) is 1. The minimum Gasteiger partial charge on any atom is -0.481 e. The van der Waals surface area contributed by atoms with Crippen molar-refractivity contribution in [2.45, 2.75) is 50.0 Å². The number of aryl methyl sites for hydroxylation is 1. The number of nitrogens with one attached hydrogen (secondary N) is 1. The van der Waals surface area contributed by atoms with E-state index in [1.807, 2.05) is 0 Å². The molecule has 0 unspecified atom stereocenters. The summed E-state index contributed by atoms with van der Waals surface area (Å²) in [7, 11) is -3.96. The van der Waals surface area contributed by atoms with Crippen LogP contribution in [0, 0.1) is 12.8 Å². The predicted octanol–water partition coefficient (Wildman–Crippen LogP) is 0.877. The molecule has 2 rings (SSSR count). The second-order valence-corrected chi connectivity index (χ2v) is 6.91. The fourth-order valence-electron chi connectivity index (χ4n) is 2.71. The predicted molar refractivity (Wildman–Crippen MR) is 74.0 cm³/mol. The average molecular weight is 317 g/mol. The van der Waals surface area contributed by atoms with Crippen LogP contribution in [0.4, 0.5) is 5.82 Å². The van der Waals surface area contributed by atoms with Crippen LogP contribution in [0.25, 0.3) is 0 Å². The Morgan fingerprint density at radius 2 is 2.05 bits per heavy atom. The fourth-order valence-corrected chi connectivity index (χ4v) is 4.24. The molecule has 1 aliphatic carbocycles. The van der Waals surface area contributed by atoms with Crippen molar-refractivity contribution in [1.29, 1.82) is 0 Å². The van der Waals surface area contributed by atoms with Crippen LogP contribution in [0.3, 0.4) is 0 Å². The van der Waals surface area contributed by atoms with E-state index in [4.69, 9.17) is 10.3 Å². The summed E-state index contributed by atoms with van der Waals surface area (Å²) >= 11 is 0. The second-order valence-electron chi connectivity index (χ2n) is 5.26. The molecule has 1 aliphatic rings. The number of anilines is 1. The number of aliphatic carboxylic acids is 1. The largest absolute Gasteiger partial charge is 0.481 e. The molecule has 1 aromatic heterocycles. The summed E-state index contributed by atoms with van der Waals surface area (Å²) in [6.45, 7) is 1.44. The first-order valence-corrected chi connectivity index (χ1v) is 8.28. The van der Waals surface area contributed by atoms with Crippen molar-refractivity contribution in [3.8, 4) is 0 Å². The van der Waals surface area contributed by atoms with Gasteiger partial charge in [0.2, 0.25) is 10.0 Å². The fraction of sp³-hybridized carbons (Fsp3) is 0.667. The van der Waals surface area contributed by atoms with Gasteiger partial charge in [0.05, 0.1) is 5.92 Å². The lowest BCUT2D eigenvalue weighted by Gasteiger charge is -2.22. The molecule has 1 aromatic rings. The summed E-state index contributed by atoms with van der Waals surface area (Å²) < 4.78 is 32.0. The zero-order valence-corrected chi connectivity index (χ0v) is 12.5. The second kappa shape index (κ2) is 6.02. The van der Waals surface area contributed by atoms with Gasteiger partial charge in [0, 0.05) is 6.04 Å². The van der Waals surface area contributed by atoms with Crippen LogP contribution in [-0.4, -0.2) is 30.7 Å². The lowest BCUT2D eigenvalue weighted by atomic mass is 9.96. The third-order valence-corrected chi connectivity index (χ3v) is 5.39. The smallest absolute Gasteiger partial charge is 0.308 e. The SMILES string of the molecule is Cc1onc(N)c1S(=O)(=O)N[C@@H]1CCCCC[C@@H]1C(=O)O. The normalized spacial score (nSPS) is 23.7. The average Bonchev–Trinajstić information content (AvgIpc) is 2.60. The maximum absolute atomic E-state index is 12.4. The number of aromatic nitrogens is 1. The molecule has 0 radical (unpaired) electrons. The molecule has 21 heavy (non-hydrogen) atoms. The number of sulfonamides is 1. The quantitative estimate of drug-likeness (QED) is 0.701. The van der Waals surface area contributed by atoms with Crippen molar-refractivity contribution < 1.29 is 22.8 Å². The van der Waals surface area contributed by atoms with Crippen LogP contribution in [0.2, 0.25) is 0 Å². The van der Waals surface area contributed by atoms with Gasteiger partial charge in [0.25, 0.3) is 0 Å². The monoisotopic (exact) mass is 317 g/mol. The van der Waals surface area contributed by atoms with Gasteiger partial charge in [0.15, 0.2) is 16.5 Å². The van der Waals surface area contributed by atoms with Gasteiger partial charge in [-0.25, -0.2) is 13.1 Å². The molecule has 0 aliphatic heterocycles. The van der Waals surface area contributed by atoms with Crippen LogP contribution >= 0.6 is 0 Å². The van der Waals surface area contributed by atoms with Gasteiger partial charge in [-0.05, 0) is 19.8 Å². The summed E-state index contributed by atoms with van der Waals surface area (Å²) in [5, 5.41) is 12.7. The Kier molecular flexibility index (Phi) is 4.52. The van der Waals surface area contributed by atoms with Crippen molar-refractivity contribution in [3.05, 3.63) is 5.76 Å². The maximum atomic E-state index is 12.4. The van der Waals surface area contributed by atoms with Gasteiger partial charge in [0.1, 0.15) is 0 Å². The molecule has 9 heteroatoms. The molecule has 0 amide bonds. The van der Waals surface area contributed by atoms with Gasteiger partial charge in [-0.2, -0.15) is 0 Å². The van der Waals surface area contributed by atoms with Crippen molar-refractivity contribution >= 4 is 21.8 Å². The number of hydrogen-bond acceptors (Lipinski definition) is 6. The molecule has 1 saturated carbocycles. The van der Waals surface area contributed by atoms with Crippen LogP contribution in [0.15, 0.2) is 9.42 Å². The highest BCUT2D eigenvalue weighted by molar-refractivity contribution is 7.89. The van der Waals surface area contributed by atoms with Crippen molar-refractivity contribution in [3.63, 3.8) is 0 Å². The number of rotatable bonds is 4. The Morgan fingerprint density at radius 3 is 2.62 bits per heavy atom. The zero-order valence-electron chi connectivity index (χ0n) is 11.7. The van der Waals surface area contributed by atoms with Gasteiger partial charge >= 0.3 is 5.97 Å². The summed E-state index contributed by atoms with van der Waals surface area (Å²) in [5.74, 6) is -1.86. The van der Waals surface area contributed by atoms with E-state index in [1.165, 1.54) is 6.92 Å². The van der Waals surface area contributed by atoms with Gasteiger partial charge < -0.3 is 15.4 Å². The van der Waals surface area contributed by atoms with E-state index in [9.17, 15) is 18.3 Å². The lowest BCUT2D eigenvalue weighted by molar-refractivity contribution is -0.142. The number of carbonyl (C=O) groups is 1. The zero-order chi connectivity index (χ0) is 15.6. The molecule has 0 spiro atoms. The number of hydrogen-bond donors (Lipinski definition) is 3. The molecule has 2 atom stereocenters. The molecule has 118 valence electrons. The van der Waals surface area contributed by atoms with Crippen molar-refractivity contribution in [2.75, 3.05) is 5.73 Å². The minimum absolute atomic E-state index is 0.0838. The van der Waals surface area contributed by atoms with E-state index in [0.29, 0.717) is 12.8 Å². The highest BCUT2D eigenvalue weighted by Crippen LogP contribution is 2.27. The Hall–Kier alpha value is -1.61. The van der Waals surface area contributed by atoms with Gasteiger partial charge in [-0.3, -0.25) is 4.79 Å². The van der Waals surface area contributed by atoms with Crippen LogP contribution in [0.5, 0.6) is 0 Å². The molecular weight excluding hydrogens is 298 g/mol. The molecule has 8 nitrogen and oxygen atoms in total. The van der Waals surface area contributed by atoms with Gasteiger partial charge in [-0.15, -0.1) is 0 Å². The Morgan fingerprint density at radius 1 is 1.38 bits per heavy atom. The van der Waals surface area contributed by atoms with Crippen LogP contribution in [-0.2, 0) is 14.8 Å². The third kappa shape index (κ3) is 3.35. The summed E-state index contributed by atoms with van der Waals surface area (Å²) in [4.78, 5) is 11.1. The minimum atomic E-state index is -3.96. The Labute approximate surface area is 122 Å². The number of carboxylic acid groups (broad SMARTS) is 1. The van der Waals surface area contributed by atoms with Crippen molar-refractivity contribution in [2.24, 2.45) is 5.92 Å². The molecular formula is C12H19N3O5S. The van der Waals surface area contributed by atoms with E-state index >= 15 is 0 Å². The van der Waals surface area contributed by atoms with E-state index in [1.54, 1.807) is 0 Å². The first-order chi connectivity index (χ1) is 9.83. The van der Waals surface area contributed by atoms with Gasteiger partial charge in [-0.1, -0.05) is 24.4 Å². The summed E-state index contributed by atoms with van der Waals surface area (Å²) in [6.07, 6.45) is 3.41. The molecule has 4 N–H and O–H groups in total. The number of nitrogen functional groups attached to an aromatic ring is 1. The van der Waals surface area contributed by atoms with E-state index in [2.05, 4.69) is 9.88 Å². The van der Waals surface area contributed by atoms with Crippen molar-refractivity contribution in [1.82, 2.24) is 9.88 Å². The summed E-state index contributed by atoms with van der Waals surface area (Å²) in [5.41, 5.74) is 5.52. The van der Waals surface area contributed by atoms with E-state index < -0.39 is 28.0 Å². The Bertz CT molecular complexity index is 605. The molecule has 0 aromatic carbocycles. The standard InChI is InChI=1S/C12H19N3O5S/c1-7-10(11(13)14-20-7)21(18,19)15-9-6-4-2-3-5-8(9)12(16)17/h8-9,15H,2-6H2,1H3,(H2,13,14)(H,16,17)/t8-,9+/m0/s1. The Balaban J connectivity index is 2.27. The molecule has 0 saturated heterocycles. The molecule has 1 heterocycles. The number of nitrogens with two attached hydrogens (primary N) is 1. The first kappa shape index (κ1) is 15.8. The third-order valence-electron chi connectivity index (χ3n) is 3.74. The lowest BCUT2D eigenvalue weighted by Crippen LogP contribution is -2.43.